The van der Waals surface area contributed by atoms with E-state index in [1.165, 1.54) is 25.4 Å². The summed E-state index contributed by atoms with van der Waals surface area (Å²) in [5.74, 6) is -2.06. The topological polar surface area (TPSA) is 93.1 Å². The van der Waals surface area contributed by atoms with Crippen LogP contribution in [-0.2, 0) is 27.4 Å². The normalized spacial score (nSPS) is 20.8. The van der Waals surface area contributed by atoms with Crippen LogP contribution in [-0.4, -0.2) is 52.2 Å². The van der Waals surface area contributed by atoms with Crippen LogP contribution in [0.15, 0.2) is 59.9 Å². The van der Waals surface area contributed by atoms with Gasteiger partial charge in [0.15, 0.2) is 5.78 Å². The van der Waals surface area contributed by atoms with Crippen LogP contribution in [0.3, 0.4) is 0 Å². The quantitative estimate of drug-likeness (QED) is 0.416. The summed E-state index contributed by atoms with van der Waals surface area (Å²) in [4.78, 5) is 24.4. The maximum Gasteiger partial charge on any atom is 0.433 e. The van der Waals surface area contributed by atoms with Gasteiger partial charge in [-0.3, -0.25) is 9.78 Å². The maximum atomic E-state index is 14.6. The summed E-state index contributed by atoms with van der Waals surface area (Å²) in [6.45, 7) is 0.948. The molecule has 1 aliphatic rings. The van der Waals surface area contributed by atoms with Gasteiger partial charge in [-0.2, -0.15) is 17.5 Å². The van der Waals surface area contributed by atoms with E-state index in [1.807, 2.05) is 0 Å². The van der Waals surface area contributed by atoms with E-state index >= 15 is 0 Å². The number of carbonyl (C=O) groups excluding carboxylic acids is 1. The fraction of sp³-hybridized carbons (Fsp3) is 0.333. The second kappa shape index (κ2) is 10.2. The van der Waals surface area contributed by atoms with E-state index < -0.39 is 58.2 Å². The van der Waals surface area contributed by atoms with Gasteiger partial charge in [-0.15, -0.1) is 0 Å². The van der Waals surface area contributed by atoms with Crippen LogP contribution in [0.4, 0.5) is 22.0 Å². The number of hydrogen-bond donors (Lipinski definition) is 0. The van der Waals surface area contributed by atoms with Gasteiger partial charge in [0.2, 0.25) is 10.0 Å². The highest BCUT2D eigenvalue weighted by molar-refractivity contribution is 7.89. The smallest absolute Gasteiger partial charge is 0.298 e. The molecule has 37 heavy (non-hydrogen) atoms. The van der Waals surface area contributed by atoms with Crippen molar-refractivity contribution in [2.45, 2.75) is 43.1 Å². The lowest BCUT2D eigenvalue weighted by molar-refractivity contribution is -0.141. The number of benzene rings is 1. The minimum absolute atomic E-state index is 0.0625. The first-order valence-electron chi connectivity index (χ1n) is 11.2. The third kappa shape index (κ3) is 5.67. The third-order valence-electron chi connectivity index (χ3n) is 6.18. The summed E-state index contributed by atoms with van der Waals surface area (Å²) in [7, 11) is -4.26. The Morgan fingerprint density at radius 1 is 1.08 bits per heavy atom. The first kappa shape index (κ1) is 26.7. The molecule has 13 heteroatoms. The zero-order valence-electron chi connectivity index (χ0n) is 19.4. The van der Waals surface area contributed by atoms with E-state index in [4.69, 9.17) is 0 Å². The molecule has 1 fully saturated rings. The van der Waals surface area contributed by atoms with Crippen LogP contribution < -0.4 is 0 Å². The van der Waals surface area contributed by atoms with E-state index in [-0.39, 0.29) is 23.4 Å². The van der Waals surface area contributed by atoms with Crippen molar-refractivity contribution in [1.29, 1.82) is 0 Å². The molecular formula is C24H21F5N4O3S. The summed E-state index contributed by atoms with van der Waals surface area (Å²) in [6, 6.07) is 6.32. The van der Waals surface area contributed by atoms with Crippen LogP contribution in [0.1, 0.15) is 24.7 Å². The number of Topliss-reactive ketones (excluding diaryl/α,β-unsaturated/α-hetero) is 1. The molecule has 0 saturated carbocycles. The first-order valence-corrected chi connectivity index (χ1v) is 12.6. The van der Waals surface area contributed by atoms with Crippen LogP contribution >= 0.6 is 0 Å². The number of nitrogens with zero attached hydrogens (tertiary/aromatic N) is 4. The molecule has 0 amide bonds. The molecule has 1 saturated heterocycles. The van der Waals surface area contributed by atoms with Gasteiger partial charge in [-0.25, -0.2) is 27.2 Å². The Kier molecular flexibility index (Phi) is 7.38. The van der Waals surface area contributed by atoms with Crippen LogP contribution in [0.5, 0.6) is 0 Å². The number of carbonyl (C=O) groups is 1. The standard InChI is InChI=1S/C24H21F5N4O3S/c1-14-19(26)12-33(37(35,36)18-6-3-16(25)4-7-18)23(14)21(34)8-5-17-10-20(32-13-31-17)15-2-9-22(30-11-15)24(27,28)29/h2-4,6-7,9-11,13-14,19,23H,5,8,12H2,1H3/t14-,19-,23-/m0/s1. The van der Waals surface area contributed by atoms with Gasteiger partial charge in [0.1, 0.15) is 24.0 Å². The first-order chi connectivity index (χ1) is 17.4. The van der Waals surface area contributed by atoms with Crippen molar-refractivity contribution in [3.63, 3.8) is 0 Å². The number of rotatable bonds is 7. The van der Waals surface area contributed by atoms with Gasteiger partial charge in [0.25, 0.3) is 0 Å². The Morgan fingerprint density at radius 3 is 2.41 bits per heavy atom. The molecular weight excluding hydrogens is 519 g/mol. The van der Waals surface area contributed by atoms with Crippen molar-refractivity contribution in [2.24, 2.45) is 5.92 Å². The Hall–Kier alpha value is -3.32. The molecule has 4 rings (SSSR count). The number of hydrogen-bond acceptors (Lipinski definition) is 6. The van der Waals surface area contributed by atoms with Gasteiger partial charge in [0, 0.05) is 36.3 Å². The minimum Gasteiger partial charge on any atom is -0.298 e. The highest BCUT2D eigenvalue weighted by Gasteiger charge is 2.48. The zero-order chi connectivity index (χ0) is 27.0. The minimum atomic E-state index is -4.58. The number of halogens is 5. The van der Waals surface area contributed by atoms with Crippen molar-refractivity contribution < 1.29 is 35.2 Å². The summed E-state index contributed by atoms with van der Waals surface area (Å²) in [6.07, 6.45) is -4.04. The number of pyridine rings is 1. The third-order valence-corrected chi connectivity index (χ3v) is 8.05. The fourth-order valence-electron chi connectivity index (χ4n) is 4.16. The van der Waals surface area contributed by atoms with Gasteiger partial charge < -0.3 is 0 Å². The molecule has 196 valence electrons. The molecule has 0 aliphatic carbocycles. The highest BCUT2D eigenvalue weighted by Crippen LogP contribution is 2.34. The summed E-state index contributed by atoms with van der Waals surface area (Å²) in [5, 5.41) is 0. The van der Waals surface area contributed by atoms with Crippen LogP contribution in [0, 0.1) is 11.7 Å². The lowest BCUT2D eigenvalue weighted by atomic mass is 9.95. The summed E-state index contributed by atoms with van der Waals surface area (Å²) >= 11 is 0. The average molecular weight is 541 g/mol. The number of aryl methyl sites for hydroxylation is 1. The number of ketones is 1. The molecule has 7 nitrogen and oxygen atoms in total. The molecule has 0 N–H and O–H groups in total. The van der Waals surface area contributed by atoms with Crippen molar-refractivity contribution in [3.8, 4) is 11.3 Å². The second-order valence-corrected chi connectivity index (χ2v) is 10.5. The Bertz CT molecular complexity index is 1380. The molecule has 0 spiro atoms. The molecule has 1 aliphatic heterocycles. The van der Waals surface area contributed by atoms with E-state index in [2.05, 4.69) is 15.0 Å². The SMILES string of the molecule is C[C@@H]1[C@@H](C(=O)CCc2cc(-c3ccc(C(F)(F)F)nc3)ncn2)N(S(=O)(=O)c2ccc(F)cc2)C[C@@H]1F. The van der Waals surface area contributed by atoms with E-state index in [9.17, 15) is 35.2 Å². The second-order valence-electron chi connectivity index (χ2n) is 8.64. The lowest BCUT2D eigenvalue weighted by Crippen LogP contribution is -2.42. The molecule has 3 aromatic rings. The highest BCUT2D eigenvalue weighted by atomic mass is 32.2. The van der Waals surface area contributed by atoms with Crippen molar-refractivity contribution >= 4 is 15.8 Å². The van der Waals surface area contributed by atoms with Gasteiger partial charge in [-0.1, -0.05) is 6.92 Å². The molecule has 0 unspecified atom stereocenters. The zero-order valence-corrected chi connectivity index (χ0v) is 20.2. The van der Waals surface area contributed by atoms with Crippen molar-refractivity contribution in [1.82, 2.24) is 19.3 Å². The van der Waals surface area contributed by atoms with E-state index in [0.717, 1.165) is 40.8 Å². The lowest BCUT2D eigenvalue weighted by Gasteiger charge is -2.25. The average Bonchev–Trinajstić information content (AvgIpc) is 3.17. The van der Waals surface area contributed by atoms with Gasteiger partial charge in [-0.05, 0) is 48.9 Å². The molecule has 1 aromatic carbocycles. The predicted molar refractivity (Wildman–Crippen MR) is 122 cm³/mol. The largest absolute Gasteiger partial charge is 0.433 e. The monoisotopic (exact) mass is 540 g/mol. The maximum absolute atomic E-state index is 14.6. The van der Waals surface area contributed by atoms with Gasteiger partial charge >= 0.3 is 6.18 Å². The van der Waals surface area contributed by atoms with E-state index in [1.54, 1.807) is 0 Å². The van der Waals surface area contributed by atoms with Crippen LogP contribution in [0.2, 0.25) is 0 Å². The molecule has 3 atom stereocenters. The molecule has 3 heterocycles. The Morgan fingerprint density at radius 2 is 1.78 bits per heavy atom. The predicted octanol–water partition coefficient (Wildman–Crippen LogP) is 4.25. The summed E-state index contributed by atoms with van der Waals surface area (Å²) < 4.78 is 93.1. The number of sulfonamides is 1. The number of aromatic nitrogens is 3. The Labute approximate surface area is 209 Å². The fourth-order valence-corrected chi connectivity index (χ4v) is 5.86. The molecule has 0 radical (unpaired) electrons. The van der Waals surface area contributed by atoms with Crippen molar-refractivity contribution in [2.75, 3.05) is 6.54 Å². The number of alkyl halides is 4. The van der Waals surface area contributed by atoms with Crippen LogP contribution in [0.25, 0.3) is 11.3 Å². The Balaban J connectivity index is 1.50. The van der Waals surface area contributed by atoms with E-state index in [0.29, 0.717) is 11.3 Å². The molecule has 2 aromatic heterocycles. The van der Waals surface area contributed by atoms with Gasteiger partial charge in [0.05, 0.1) is 16.6 Å². The molecule has 0 bridgehead atoms. The summed E-state index contributed by atoms with van der Waals surface area (Å²) in [5.41, 5.74) is -0.0665. The van der Waals surface area contributed by atoms with Crippen molar-refractivity contribution in [3.05, 3.63) is 72.2 Å².